The van der Waals surface area contributed by atoms with E-state index >= 15 is 0 Å². The quantitative estimate of drug-likeness (QED) is 0.508. The lowest BCUT2D eigenvalue weighted by atomic mass is 10.1. The third-order valence-corrected chi connectivity index (χ3v) is 2.79. The lowest BCUT2D eigenvalue weighted by Crippen LogP contribution is -2.14. The number of rotatable bonds is 4. The van der Waals surface area contributed by atoms with Crippen LogP contribution in [0.3, 0.4) is 0 Å². The number of hydroxylamine groups is 1. The molecule has 6 heteroatoms. The topological polar surface area (TPSA) is 87.4 Å². The van der Waals surface area contributed by atoms with Gasteiger partial charge in [0.15, 0.2) is 0 Å². The summed E-state index contributed by atoms with van der Waals surface area (Å²) in [6.07, 6.45) is 0. The van der Waals surface area contributed by atoms with Crippen molar-refractivity contribution in [3.8, 4) is 0 Å². The normalized spacial score (nSPS) is 10.3. The molecule has 0 aliphatic carbocycles. The predicted molar refractivity (Wildman–Crippen MR) is 73.8 cm³/mol. The highest BCUT2D eigenvalue weighted by Crippen LogP contribution is 2.18. The zero-order valence-corrected chi connectivity index (χ0v) is 10.6. The van der Waals surface area contributed by atoms with Crippen molar-refractivity contribution in [1.29, 1.82) is 0 Å². The van der Waals surface area contributed by atoms with Crippen LogP contribution in [0.4, 0.5) is 15.8 Å². The summed E-state index contributed by atoms with van der Waals surface area (Å²) in [5.41, 5.74) is 8.92. The smallest absolute Gasteiger partial charge is 0.255 e. The summed E-state index contributed by atoms with van der Waals surface area (Å²) < 4.78 is 13.7. The number of para-hydroxylation sites is 2. The van der Waals surface area contributed by atoms with E-state index in [1.165, 1.54) is 12.1 Å². The molecular weight excluding hydrogens is 261 g/mol. The SMILES string of the molecule is Nc1ccccc1NC(=O)c1ccc(CNO)c(F)c1. The van der Waals surface area contributed by atoms with E-state index < -0.39 is 11.7 Å². The Morgan fingerprint density at radius 2 is 2.00 bits per heavy atom. The first-order chi connectivity index (χ1) is 9.61. The van der Waals surface area contributed by atoms with Crippen LogP contribution in [-0.2, 0) is 6.54 Å². The van der Waals surface area contributed by atoms with Gasteiger partial charge in [0.2, 0.25) is 0 Å². The molecular formula is C14H14FN3O2. The number of nitrogen functional groups attached to an aromatic ring is 1. The second-order valence-electron chi connectivity index (χ2n) is 4.18. The Kier molecular flexibility index (Phi) is 4.29. The lowest BCUT2D eigenvalue weighted by Gasteiger charge is -2.09. The van der Waals surface area contributed by atoms with Crippen molar-refractivity contribution in [2.45, 2.75) is 6.54 Å². The van der Waals surface area contributed by atoms with Crippen LogP contribution in [0.1, 0.15) is 15.9 Å². The van der Waals surface area contributed by atoms with Crippen molar-refractivity contribution in [1.82, 2.24) is 5.48 Å². The molecule has 0 heterocycles. The Bertz CT molecular complexity index is 632. The number of hydrogen-bond acceptors (Lipinski definition) is 4. The molecule has 5 N–H and O–H groups in total. The Hall–Kier alpha value is -2.44. The van der Waals surface area contributed by atoms with E-state index in [0.29, 0.717) is 11.4 Å². The Morgan fingerprint density at radius 1 is 1.25 bits per heavy atom. The molecule has 0 aliphatic rings. The van der Waals surface area contributed by atoms with Crippen LogP contribution in [0, 0.1) is 5.82 Å². The van der Waals surface area contributed by atoms with E-state index in [4.69, 9.17) is 10.9 Å². The highest BCUT2D eigenvalue weighted by molar-refractivity contribution is 6.05. The summed E-state index contributed by atoms with van der Waals surface area (Å²) in [7, 11) is 0. The second-order valence-corrected chi connectivity index (χ2v) is 4.18. The summed E-state index contributed by atoms with van der Waals surface area (Å²) in [6.45, 7) is -0.0284. The zero-order valence-electron chi connectivity index (χ0n) is 10.6. The monoisotopic (exact) mass is 275 g/mol. The fraction of sp³-hybridized carbons (Fsp3) is 0.0714. The summed E-state index contributed by atoms with van der Waals surface area (Å²) >= 11 is 0. The lowest BCUT2D eigenvalue weighted by molar-refractivity contribution is 0.102. The minimum atomic E-state index is -0.569. The van der Waals surface area contributed by atoms with Gasteiger partial charge in [-0.05, 0) is 24.3 Å². The number of halogens is 1. The fourth-order valence-electron chi connectivity index (χ4n) is 1.72. The van der Waals surface area contributed by atoms with Gasteiger partial charge in [0.25, 0.3) is 5.91 Å². The summed E-state index contributed by atoms with van der Waals surface area (Å²) in [5, 5.41) is 11.1. The van der Waals surface area contributed by atoms with Crippen molar-refractivity contribution in [3.05, 3.63) is 59.4 Å². The molecule has 1 amide bonds. The first-order valence-corrected chi connectivity index (χ1v) is 5.93. The van der Waals surface area contributed by atoms with Crippen LogP contribution in [0.25, 0.3) is 0 Å². The van der Waals surface area contributed by atoms with Crippen LogP contribution >= 0.6 is 0 Å². The molecule has 0 bridgehead atoms. The van der Waals surface area contributed by atoms with Crippen LogP contribution < -0.4 is 16.5 Å². The minimum Gasteiger partial charge on any atom is -0.397 e. The van der Waals surface area contributed by atoms with Crippen molar-refractivity contribution >= 4 is 17.3 Å². The Morgan fingerprint density at radius 3 is 2.65 bits per heavy atom. The number of carbonyl (C=O) groups excluding carboxylic acids is 1. The number of carbonyl (C=O) groups is 1. The third-order valence-electron chi connectivity index (χ3n) is 2.79. The van der Waals surface area contributed by atoms with Crippen molar-refractivity contribution in [2.75, 3.05) is 11.1 Å². The highest BCUT2D eigenvalue weighted by Gasteiger charge is 2.11. The summed E-state index contributed by atoms with van der Waals surface area (Å²) in [5.74, 6) is -1.02. The number of benzene rings is 2. The number of nitrogens with one attached hydrogen (secondary N) is 2. The average Bonchev–Trinajstić information content (AvgIpc) is 2.43. The van der Waals surface area contributed by atoms with Crippen molar-refractivity contribution in [3.63, 3.8) is 0 Å². The number of anilines is 2. The molecule has 2 rings (SSSR count). The fourth-order valence-corrected chi connectivity index (χ4v) is 1.72. The van der Waals surface area contributed by atoms with Gasteiger partial charge in [-0.1, -0.05) is 18.2 Å². The van der Waals surface area contributed by atoms with Gasteiger partial charge in [-0.3, -0.25) is 4.79 Å². The molecule has 20 heavy (non-hydrogen) atoms. The first kappa shape index (κ1) is 14.0. The predicted octanol–water partition coefficient (Wildman–Crippen LogP) is 2.14. The largest absolute Gasteiger partial charge is 0.397 e. The second kappa shape index (κ2) is 6.14. The van der Waals surface area contributed by atoms with E-state index in [2.05, 4.69) is 5.32 Å². The van der Waals surface area contributed by atoms with E-state index in [1.807, 2.05) is 5.48 Å². The molecule has 0 fully saturated rings. The van der Waals surface area contributed by atoms with Gasteiger partial charge in [0, 0.05) is 17.7 Å². The maximum absolute atomic E-state index is 13.7. The van der Waals surface area contributed by atoms with E-state index in [9.17, 15) is 9.18 Å². The van der Waals surface area contributed by atoms with Gasteiger partial charge in [0.1, 0.15) is 5.82 Å². The number of amides is 1. The highest BCUT2D eigenvalue weighted by atomic mass is 19.1. The molecule has 0 aromatic heterocycles. The minimum absolute atomic E-state index is 0.0284. The maximum atomic E-state index is 13.7. The summed E-state index contributed by atoms with van der Waals surface area (Å²) in [6, 6.07) is 10.8. The molecule has 5 nitrogen and oxygen atoms in total. The molecule has 0 spiro atoms. The van der Waals surface area contributed by atoms with Gasteiger partial charge >= 0.3 is 0 Å². The third kappa shape index (κ3) is 3.11. The van der Waals surface area contributed by atoms with Gasteiger partial charge in [-0.25, -0.2) is 9.87 Å². The van der Waals surface area contributed by atoms with Crippen LogP contribution in [0.2, 0.25) is 0 Å². The van der Waals surface area contributed by atoms with Crippen molar-refractivity contribution < 1.29 is 14.4 Å². The van der Waals surface area contributed by atoms with Gasteiger partial charge in [-0.15, -0.1) is 0 Å². The van der Waals surface area contributed by atoms with Crippen LogP contribution in [0.5, 0.6) is 0 Å². The molecule has 0 unspecified atom stereocenters. The Balaban J connectivity index is 2.18. The first-order valence-electron chi connectivity index (χ1n) is 5.93. The Labute approximate surface area is 115 Å². The maximum Gasteiger partial charge on any atom is 0.255 e. The standard InChI is InChI=1S/C14H14FN3O2/c15-11-7-9(5-6-10(11)8-17-20)14(19)18-13-4-2-1-3-12(13)16/h1-7,17,20H,8,16H2,(H,18,19). The van der Waals surface area contributed by atoms with Gasteiger partial charge in [-0.2, -0.15) is 0 Å². The van der Waals surface area contributed by atoms with Crippen LogP contribution in [-0.4, -0.2) is 11.1 Å². The van der Waals surface area contributed by atoms with Gasteiger partial charge in [0.05, 0.1) is 11.4 Å². The molecule has 0 atom stereocenters. The zero-order chi connectivity index (χ0) is 14.5. The number of hydrogen-bond donors (Lipinski definition) is 4. The molecule has 0 radical (unpaired) electrons. The van der Waals surface area contributed by atoms with Crippen LogP contribution in [0.15, 0.2) is 42.5 Å². The molecule has 0 saturated carbocycles. The molecule has 2 aromatic carbocycles. The average molecular weight is 275 g/mol. The molecule has 2 aromatic rings. The molecule has 0 aliphatic heterocycles. The number of nitrogens with two attached hydrogens (primary N) is 1. The van der Waals surface area contributed by atoms with Gasteiger partial charge < -0.3 is 16.3 Å². The summed E-state index contributed by atoms with van der Waals surface area (Å²) in [4.78, 5) is 12.0. The van der Waals surface area contributed by atoms with E-state index in [1.54, 1.807) is 24.3 Å². The van der Waals surface area contributed by atoms with E-state index in [0.717, 1.165) is 6.07 Å². The van der Waals surface area contributed by atoms with Crippen molar-refractivity contribution in [2.24, 2.45) is 0 Å². The van der Waals surface area contributed by atoms with E-state index in [-0.39, 0.29) is 17.7 Å². The molecule has 0 saturated heterocycles. The molecule has 104 valence electrons.